The van der Waals surface area contributed by atoms with Crippen molar-refractivity contribution in [3.05, 3.63) is 0 Å². The molecule has 0 saturated carbocycles. The molecule has 1 atom stereocenters. The predicted molar refractivity (Wildman–Crippen MR) is 229 cm³/mol. The highest BCUT2D eigenvalue weighted by Gasteiger charge is 2.19. The van der Waals surface area contributed by atoms with Crippen molar-refractivity contribution in [2.75, 3.05) is 13.2 Å². The molecule has 6 heteroatoms. The van der Waals surface area contributed by atoms with Crippen molar-refractivity contribution >= 4 is 17.9 Å². The van der Waals surface area contributed by atoms with E-state index in [1.807, 2.05) is 0 Å². The van der Waals surface area contributed by atoms with Crippen LogP contribution in [0.1, 0.15) is 265 Å². The van der Waals surface area contributed by atoms with Crippen LogP contribution in [0.25, 0.3) is 0 Å². The van der Waals surface area contributed by atoms with Crippen LogP contribution in [0.5, 0.6) is 0 Å². The van der Waals surface area contributed by atoms with E-state index in [1.54, 1.807) is 0 Å². The van der Waals surface area contributed by atoms with Gasteiger partial charge in [-0.25, -0.2) is 0 Å². The molecule has 0 rings (SSSR count). The molecule has 0 radical (unpaired) electrons. The first kappa shape index (κ1) is 52.4. The zero-order chi connectivity index (χ0) is 39.6. The van der Waals surface area contributed by atoms with Gasteiger partial charge in [0.05, 0.1) is 0 Å². The Hall–Kier alpha value is -1.59. The van der Waals surface area contributed by atoms with Gasteiger partial charge in [0, 0.05) is 19.3 Å². The standard InChI is InChI=1S/C48H92O6/c1-5-7-9-11-13-15-19-25-29-33-37-41-48(51)54-45(42-52-46(49)39-35-31-27-23-16-14-12-10-8-6-2)43-53-47(50)40-36-32-28-24-21-18-17-20-22-26-30-34-38-44(3)4/h44-45H,5-43H2,1-4H3/t45-/m1/s1. The van der Waals surface area contributed by atoms with Gasteiger partial charge in [0.15, 0.2) is 6.10 Å². The van der Waals surface area contributed by atoms with Gasteiger partial charge in [0.1, 0.15) is 13.2 Å². The summed E-state index contributed by atoms with van der Waals surface area (Å²) >= 11 is 0. The molecular formula is C48H92O6. The van der Waals surface area contributed by atoms with Gasteiger partial charge in [-0.05, 0) is 25.2 Å². The van der Waals surface area contributed by atoms with Crippen molar-refractivity contribution in [1.29, 1.82) is 0 Å². The maximum absolute atomic E-state index is 12.7. The molecule has 0 aromatic heterocycles. The Balaban J connectivity index is 4.29. The fraction of sp³-hybridized carbons (Fsp3) is 0.938. The fourth-order valence-corrected chi connectivity index (χ4v) is 7.16. The van der Waals surface area contributed by atoms with Crippen LogP contribution in [0.3, 0.4) is 0 Å². The largest absolute Gasteiger partial charge is 0.462 e. The number of rotatable bonds is 43. The van der Waals surface area contributed by atoms with Crippen LogP contribution in [0, 0.1) is 5.92 Å². The first-order chi connectivity index (χ1) is 26.4. The van der Waals surface area contributed by atoms with Crippen LogP contribution in [0.2, 0.25) is 0 Å². The first-order valence-electron chi connectivity index (χ1n) is 23.9. The summed E-state index contributed by atoms with van der Waals surface area (Å²) in [7, 11) is 0. The van der Waals surface area contributed by atoms with Gasteiger partial charge >= 0.3 is 17.9 Å². The molecule has 0 aliphatic carbocycles. The summed E-state index contributed by atoms with van der Waals surface area (Å²) in [5, 5.41) is 0. The monoisotopic (exact) mass is 765 g/mol. The molecule has 0 amide bonds. The van der Waals surface area contributed by atoms with E-state index in [4.69, 9.17) is 14.2 Å². The third-order valence-electron chi connectivity index (χ3n) is 10.8. The molecule has 0 N–H and O–H groups in total. The number of unbranched alkanes of at least 4 members (excludes halogenated alkanes) is 30. The first-order valence-corrected chi connectivity index (χ1v) is 23.9. The van der Waals surface area contributed by atoms with Crippen molar-refractivity contribution in [3.8, 4) is 0 Å². The van der Waals surface area contributed by atoms with Gasteiger partial charge in [-0.15, -0.1) is 0 Å². The van der Waals surface area contributed by atoms with Crippen molar-refractivity contribution in [1.82, 2.24) is 0 Å². The zero-order valence-electron chi connectivity index (χ0n) is 36.7. The predicted octanol–water partition coefficient (Wildman–Crippen LogP) is 15.1. The van der Waals surface area contributed by atoms with Crippen molar-refractivity contribution in [3.63, 3.8) is 0 Å². The number of ether oxygens (including phenoxy) is 3. The molecule has 6 nitrogen and oxygen atoms in total. The van der Waals surface area contributed by atoms with Gasteiger partial charge in [0.25, 0.3) is 0 Å². The lowest BCUT2D eigenvalue weighted by Crippen LogP contribution is -2.30. The number of carbonyl (C=O) groups is 3. The quantitative estimate of drug-likeness (QED) is 0.0349. The van der Waals surface area contributed by atoms with Gasteiger partial charge in [-0.1, -0.05) is 227 Å². The molecule has 0 aromatic carbocycles. The van der Waals surface area contributed by atoms with Crippen molar-refractivity contribution in [2.45, 2.75) is 271 Å². The van der Waals surface area contributed by atoms with Crippen molar-refractivity contribution < 1.29 is 28.6 Å². The number of hydrogen-bond donors (Lipinski definition) is 0. The highest BCUT2D eigenvalue weighted by atomic mass is 16.6. The van der Waals surface area contributed by atoms with E-state index in [2.05, 4.69) is 27.7 Å². The summed E-state index contributed by atoms with van der Waals surface area (Å²) < 4.78 is 16.7. The van der Waals surface area contributed by atoms with Crippen LogP contribution in [0.4, 0.5) is 0 Å². The third kappa shape index (κ3) is 41.6. The van der Waals surface area contributed by atoms with E-state index in [9.17, 15) is 14.4 Å². The third-order valence-corrected chi connectivity index (χ3v) is 10.8. The van der Waals surface area contributed by atoms with Gasteiger partial charge in [-0.2, -0.15) is 0 Å². The molecule has 0 aromatic rings. The van der Waals surface area contributed by atoms with Crippen LogP contribution < -0.4 is 0 Å². The minimum absolute atomic E-state index is 0.0634. The lowest BCUT2D eigenvalue weighted by molar-refractivity contribution is -0.167. The van der Waals surface area contributed by atoms with Crippen LogP contribution >= 0.6 is 0 Å². The molecule has 0 spiro atoms. The number of carbonyl (C=O) groups excluding carboxylic acids is 3. The molecule has 0 heterocycles. The highest BCUT2D eigenvalue weighted by Crippen LogP contribution is 2.16. The second-order valence-electron chi connectivity index (χ2n) is 16.9. The molecule has 0 unspecified atom stereocenters. The molecule has 0 fully saturated rings. The minimum Gasteiger partial charge on any atom is -0.462 e. The maximum atomic E-state index is 12.7. The second-order valence-corrected chi connectivity index (χ2v) is 16.9. The Bertz CT molecular complexity index is 811. The highest BCUT2D eigenvalue weighted by molar-refractivity contribution is 5.71. The molecule has 0 aliphatic heterocycles. The maximum Gasteiger partial charge on any atom is 0.306 e. The summed E-state index contributed by atoms with van der Waals surface area (Å²) in [4.78, 5) is 37.7. The normalized spacial score (nSPS) is 11.9. The van der Waals surface area contributed by atoms with Gasteiger partial charge in [0.2, 0.25) is 0 Å². The molecule has 0 saturated heterocycles. The summed E-state index contributed by atoms with van der Waals surface area (Å²) in [5.41, 5.74) is 0. The van der Waals surface area contributed by atoms with Gasteiger partial charge < -0.3 is 14.2 Å². The average Bonchev–Trinajstić information content (AvgIpc) is 3.15. The Labute approximate surface area is 336 Å². The fourth-order valence-electron chi connectivity index (χ4n) is 7.16. The molecule has 54 heavy (non-hydrogen) atoms. The molecule has 0 aliphatic rings. The van der Waals surface area contributed by atoms with Gasteiger partial charge in [-0.3, -0.25) is 14.4 Å². The Kier molecular flexibility index (Phi) is 41.3. The minimum atomic E-state index is -0.758. The zero-order valence-corrected chi connectivity index (χ0v) is 36.7. The lowest BCUT2D eigenvalue weighted by atomic mass is 10.0. The van der Waals surface area contributed by atoms with E-state index in [1.165, 1.54) is 161 Å². The van der Waals surface area contributed by atoms with E-state index >= 15 is 0 Å². The summed E-state index contributed by atoms with van der Waals surface area (Å²) in [5.74, 6) is -0.0182. The van der Waals surface area contributed by atoms with E-state index in [0.717, 1.165) is 63.7 Å². The van der Waals surface area contributed by atoms with Crippen LogP contribution in [-0.2, 0) is 28.6 Å². The second kappa shape index (κ2) is 42.6. The van der Waals surface area contributed by atoms with Crippen LogP contribution in [0.15, 0.2) is 0 Å². The Morgan fingerprint density at radius 2 is 0.611 bits per heavy atom. The SMILES string of the molecule is CCCCCCCCCCCCCC(=O)O[C@H](COC(=O)CCCCCCCCCCCC)COC(=O)CCCCCCCCCCCCCCC(C)C. The van der Waals surface area contributed by atoms with E-state index in [-0.39, 0.29) is 31.1 Å². The lowest BCUT2D eigenvalue weighted by Gasteiger charge is -2.18. The van der Waals surface area contributed by atoms with Crippen molar-refractivity contribution in [2.24, 2.45) is 5.92 Å². The summed E-state index contributed by atoms with van der Waals surface area (Å²) in [6, 6.07) is 0. The average molecular weight is 765 g/mol. The van der Waals surface area contributed by atoms with E-state index < -0.39 is 6.10 Å². The topological polar surface area (TPSA) is 78.9 Å². The Morgan fingerprint density at radius 3 is 0.907 bits per heavy atom. The summed E-state index contributed by atoms with van der Waals surface area (Å²) in [6.45, 7) is 8.99. The Morgan fingerprint density at radius 1 is 0.352 bits per heavy atom. The van der Waals surface area contributed by atoms with E-state index in [0.29, 0.717) is 19.3 Å². The molecule has 0 bridgehead atoms. The smallest absolute Gasteiger partial charge is 0.306 e. The molecular weight excluding hydrogens is 673 g/mol. The number of esters is 3. The van der Waals surface area contributed by atoms with Crippen LogP contribution in [-0.4, -0.2) is 37.2 Å². The number of hydrogen-bond acceptors (Lipinski definition) is 6. The molecule has 320 valence electrons. The summed E-state index contributed by atoms with van der Waals surface area (Å²) in [6.07, 6.45) is 42.2.